The average molecular weight is 275 g/mol. The van der Waals surface area contributed by atoms with Gasteiger partial charge in [0.1, 0.15) is 0 Å². The molecule has 94 valence electrons. The summed E-state index contributed by atoms with van der Waals surface area (Å²) in [6.45, 7) is 3.83. The molecule has 0 aliphatic heterocycles. The van der Waals surface area contributed by atoms with Gasteiger partial charge in [-0.05, 0) is 31.5 Å². The molecule has 1 N–H and O–H groups in total. The molecule has 1 rings (SSSR count). The molecule has 0 saturated heterocycles. The number of rotatable bonds is 5. The smallest absolute Gasteiger partial charge is 0.316 e. The van der Waals surface area contributed by atoms with Gasteiger partial charge in [0, 0.05) is 4.90 Å². The second-order valence-corrected chi connectivity index (χ2v) is 4.88. The molecule has 1 unspecified atom stereocenters. The number of hydrogen-bond acceptors (Lipinski definition) is 4. The van der Waals surface area contributed by atoms with E-state index in [1.54, 1.807) is 32.0 Å². The van der Waals surface area contributed by atoms with E-state index in [-0.39, 0.29) is 11.7 Å². The summed E-state index contributed by atoms with van der Waals surface area (Å²) in [4.78, 5) is 12.0. The minimum Gasteiger partial charge on any atom is -0.465 e. The first-order valence-corrected chi connectivity index (χ1v) is 6.67. The standard InChI is InChI=1S/C12H15ClO3S/c1-3-16-12(15)7-17-11-5-4-9(8(2)14)6-10(11)13/h4-6,8,14H,3,7H2,1-2H3. The molecule has 1 atom stereocenters. The van der Waals surface area contributed by atoms with E-state index in [1.807, 2.05) is 0 Å². The molecule has 0 heterocycles. The van der Waals surface area contributed by atoms with Crippen LogP contribution in [0.4, 0.5) is 0 Å². The van der Waals surface area contributed by atoms with Crippen LogP contribution in [0.15, 0.2) is 23.1 Å². The third kappa shape index (κ3) is 4.58. The number of ether oxygens (including phenoxy) is 1. The van der Waals surface area contributed by atoms with Gasteiger partial charge in [0.05, 0.1) is 23.5 Å². The van der Waals surface area contributed by atoms with Crippen molar-refractivity contribution < 1.29 is 14.6 Å². The van der Waals surface area contributed by atoms with Crippen molar-refractivity contribution in [2.45, 2.75) is 24.8 Å². The molecular formula is C12H15ClO3S. The summed E-state index contributed by atoms with van der Waals surface area (Å²) >= 11 is 7.38. The quantitative estimate of drug-likeness (QED) is 0.662. The summed E-state index contributed by atoms with van der Waals surface area (Å²) in [6.07, 6.45) is -0.545. The lowest BCUT2D eigenvalue weighted by atomic mass is 10.1. The van der Waals surface area contributed by atoms with Gasteiger partial charge in [-0.25, -0.2) is 0 Å². The predicted octanol–water partition coefficient (Wildman–Crippen LogP) is 3.05. The number of thioether (sulfide) groups is 1. The van der Waals surface area contributed by atoms with E-state index in [4.69, 9.17) is 16.3 Å². The van der Waals surface area contributed by atoms with Crippen LogP contribution < -0.4 is 0 Å². The molecule has 0 aliphatic rings. The number of benzene rings is 1. The Morgan fingerprint density at radius 3 is 2.82 bits per heavy atom. The lowest BCUT2D eigenvalue weighted by molar-refractivity contribution is -0.139. The van der Waals surface area contributed by atoms with Gasteiger partial charge in [-0.3, -0.25) is 4.79 Å². The number of esters is 1. The molecule has 17 heavy (non-hydrogen) atoms. The molecule has 1 aromatic carbocycles. The number of hydrogen-bond donors (Lipinski definition) is 1. The van der Waals surface area contributed by atoms with Crippen molar-refractivity contribution in [1.29, 1.82) is 0 Å². The first kappa shape index (κ1) is 14.4. The van der Waals surface area contributed by atoms with Crippen LogP contribution in [0.25, 0.3) is 0 Å². The summed E-state index contributed by atoms with van der Waals surface area (Å²) in [5, 5.41) is 9.93. The average Bonchev–Trinajstić information content (AvgIpc) is 2.27. The lowest BCUT2D eigenvalue weighted by Crippen LogP contribution is -2.06. The Balaban J connectivity index is 2.63. The van der Waals surface area contributed by atoms with Crippen molar-refractivity contribution in [2.24, 2.45) is 0 Å². The number of carbonyl (C=O) groups is 1. The van der Waals surface area contributed by atoms with Crippen LogP contribution in [0.3, 0.4) is 0 Å². The summed E-state index contributed by atoms with van der Waals surface area (Å²) in [5.74, 6) is -0.0186. The Morgan fingerprint density at radius 2 is 2.29 bits per heavy atom. The monoisotopic (exact) mass is 274 g/mol. The summed E-state index contributed by atoms with van der Waals surface area (Å²) in [5.41, 5.74) is 0.760. The fourth-order valence-corrected chi connectivity index (χ4v) is 2.30. The molecule has 0 fully saturated rings. The highest BCUT2D eigenvalue weighted by atomic mass is 35.5. The van der Waals surface area contributed by atoms with E-state index < -0.39 is 6.10 Å². The maximum absolute atomic E-state index is 11.2. The molecule has 0 radical (unpaired) electrons. The van der Waals surface area contributed by atoms with Gasteiger partial charge >= 0.3 is 5.97 Å². The first-order chi connectivity index (χ1) is 8.04. The molecule has 0 saturated carbocycles. The molecular weight excluding hydrogens is 260 g/mol. The number of halogens is 1. The van der Waals surface area contributed by atoms with E-state index in [9.17, 15) is 9.90 Å². The molecule has 5 heteroatoms. The topological polar surface area (TPSA) is 46.5 Å². The van der Waals surface area contributed by atoms with Gasteiger partial charge < -0.3 is 9.84 Å². The van der Waals surface area contributed by atoms with Crippen molar-refractivity contribution >= 4 is 29.3 Å². The van der Waals surface area contributed by atoms with Crippen LogP contribution in [0.1, 0.15) is 25.5 Å². The normalized spacial score (nSPS) is 12.2. The highest BCUT2D eigenvalue weighted by Crippen LogP contribution is 2.29. The van der Waals surface area contributed by atoms with Crippen LogP contribution in [-0.2, 0) is 9.53 Å². The van der Waals surface area contributed by atoms with Crippen molar-refractivity contribution in [2.75, 3.05) is 12.4 Å². The number of carbonyl (C=O) groups excluding carboxylic acids is 1. The minimum atomic E-state index is -0.545. The molecule has 3 nitrogen and oxygen atoms in total. The lowest BCUT2D eigenvalue weighted by Gasteiger charge is -2.08. The zero-order valence-electron chi connectivity index (χ0n) is 9.77. The molecule has 0 bridgehead atoms. The zero-order chi connectivity index (χ0) is 12.8. The van der Waals surface area contributed by atoms with E-state index in [2.05, 4.69) is 0 Å². The van der Waals surface area contributed by atoms with E-state index in [0.29, 0.717) is 11.6 Å². The molecule has 0 spiro atoms. The minimum absolute atomic E-state index is 0.238. The van der Waals surface area contributed by atoms with Crippen LogP contribution in [-0.4, -0.2) is 23.4 Å². The summed E-state index contributed by atoms with van der Waals surface area (Å²) in [7, 11) is 0. The highest BCUT2D eigenvalue weighted by Gasteiger charge is 2.08. The van der Waals surface area contributed by atoms with Crippen molar-refractivity contribution in [1.82, 2.24) is 0 Å². The van der Waals surface area contributed by atoms with Gasteiger partial charge in [-0.2, -0.15) is 0 Å². The maximum atomic E-state index is 11.2. The Morgan fingerprint density at radius 1 is 1.59 bits per heavy atom. The van der Waals surface area contributed by atoms with Crippen LogP contribution in [0.2, 0.25) is 5.02 Å². The molecule has 1 aromatic rings. The number of aliphatic hydroxyl groups is 1. The zero-order valence-corrected chi connectivity index (χ0v) is 11.3. The Kier molecular flexibility index (Phi) is 5.82. The van der Waals surface area contributed by atoms with E-state index in [1.165, 1.54) is 11.8 Å². The van der Waals surface area contributed by atoms with Crippen LogP contribution in [0, 0.1) is 0 Å². The molecule has 0 aliphatic carbocycles. The van der Waals surface area contributed by atoms with Crippen molar-refractivity contribution in [3.8, 4) is 0 Å². The van der Waals surface area contributed by atoms with Crippen LogP contribution >= 0.6 is 23.4 Å². The van der Waals surface area contributed by atoms with Gasteiger partial charge in [-0.1, -0.05) is 17.7 Å². The third-order valence-electron chi connectivity index (χ3n) is 2.09. The Bertz CT molecular complexity index is 393. The second-order valence-electron chi connectivity index (χ2n) is 3.46. The van der Waals surface area contributed by atoms with Crippen LogP contribution in [0.5, 0.6) is 0 Å². The predicted molar refractivity (Wildman–Crippen MR) is 69.4 cm³/mol. The third-order valence-corrected chi connectivity index (χ3v) is 3.56. The molecule has 0 amide bonds. The largest absolute Gasteiger partial charge is 0.465 e. The van der Waals surface area contributed by atoms with Gasteiger partial charge in [0.2, 0.25) is 0 Å². The Hall–Kier alpha value is -0.710. The van der Waals surface area contributed by atoms with E-state index in [0.717, 1.165) is 10.5 Å². The second kappa shape index (κ2) is 6.89. The first-order valence-electron chi connectivity index (χ1n) is 5.30. The fourth-order valence-electron chi connectivity index (χ4n) is 1.23. The number of aliphatic hydroxyl groups excluding tert-OH is 1. The Labute approximate surface area is 110 Å². The maximum Gasteiger partial charge on any atom is 0.316 e. The van der Waals surface area contributed by atoms with Crippen molar-refractivity contribution in [3.63, 3.8) is 0 Å². The summed E-state index contributed by atoms with van der Waals surface area (Å²) < 4.78 is 4.82. The van der Waals surface area contributed by atoms with Gasteiger partial charge in [0.25, 0.3) is 0 Å². The van der Waals surface area contributed by atoms with E-state index >= 15 is 0 Å². The SMILES string of the molecule is CCOC(=O)CSc1ccc(C(C)O)cc1Cl. The van der Waals surface area contributed by atoms with Gasteiger partial charge in [0.15, 0.2) is 0 Å². The fraction of sp³-hybridized carbons (Fsp3) is 0.417. The summed E-state index contributed by atoms with van der Waals surface area (Å²) in [6, 6.07) is 5.30. The van der Waals surface area contributed by atoms with Gasteiger partial charge in [-0.15, -0.1) is 11.8 Å². The molecule has 0 aromatic heterocycles. The van der Waals surface area contributed by atoms with Crippen molar-refractivity contribution in [3.05, 3.63) is 28.8 Å². The highest BCUT2D eigenvalue weighted by molar-refractivity contribution is 8.00.